The maximum absolute atomic E-state index is 4.31. The van der Waals surface area contributed by atoms with Crippen molar-refractivity contribution >= 4 is 48.1 Å². The molecule has 0 atom stereocenters. The van der Waals surface area contributed by atoms with Crippen LogP contribution in [0.4, 0.5) is 0 Å². The third-order valence-electron chi connectivity index (χ3n) is 2.29. The van der Waals surface area contributed by atoms with E-state index >= 15 is 0 Å². The molecule has 1 aromatic rings. The molecule has 0 radical (unpaired) electrons. The van der Waals surface area contributed by atoms with Crippen molar-refractivity contribution in [3.63, 3.8) is 0 Å². The van der Waals surface area contributed by atoms with Gasteiger partial charge in [-0.25, -0.2) is 0 Å². The monoisotopic (exact) mass is 431 g/mol. The first kappa shape index (κ1) is 18.3. The maximum atomic E-state index is 4.31. The zero-order chi connectivity index (χ0) is 15.5. The summed E-state index contributed by atoms with van der Waals surface area (Å²) in [6.07, 6.45) is 11.2. The molecule has 0 bridgehead atoms. The Hall–Kier alpha value is -0.791. The van der Waals surface area contributed by atoms with Crippen molar-refractivity contribution < 1.29 is 14.2 Å². The standard InChI is InChI=1S/C13H12N4S2.BrH.Cu/c1-19-13(18)17-16-12(10-6-2-4-8-14-10)11-7-3-5-9-15-11;;/h2-9,14H,1H3;1H;/q;;+1/b12-10-,17-16?;;. The fraction of sp³-hybridized carbons (Fsp3) is 0.0769. The molecule has 0 fully saturated rings. The van der Waals surface area contributed by atoms with Gasteiger partial charge in [-0.15, -0.1) is 5.11 Å². The van der Waals surface area contributed by atoms with Gasteiger partial charge in [0.1, 0.15) is 5.70 Å². The summed E-state index contributed by atoms with van der Waals surface area (Å²) in [5.74, 6) is 0. The number of azo groups is 1. The Morgan fingerprint density at radius 3 is 2.71 bits per heavy atom. The number of halogens is 1. The van der Waals surface area contributed by atoms with Gasteiger partial charge in [0.25, 0.3) is 0 Å². The van der Waals surface area contributed by atoms with Crippen molar-refractivity contribution in [2.75, 3.05) is 6.26 Å². The van der Waals surface area contributed by atoms with Gasteiger partial charge in [-0.3, -0.25) is 4.98 Å². The summed E-state index contributed by atoms with van der Waals surface area (Å²) >= 11 is 12.1. The number of nitrogens with zero attached hydrogens (tertiary/aromatic N) is 3. The first-order valence-corrected chi connectivity index (χ1v) is 9.69. The summed E-state index contributed by atoms with van der Waals surface area (Å²) < 4.78 is 0.601. The molecule has 1 N–H and O–H groups in total. The van der Waals surface area contributed by atoms with Gasteiger partial charge in [-0.2, -0.15) is 0 Å². The van der Waals surface area contributed by atoms with Crippen molar-refractivity contribution in [1.29, 1.82) is 0 Å². The fourth-order valence-electron chi connectivity index (χ4n) is 1.42. The van der Waals surface area contributed by atoms with Crippen LogP contribution in [0.3, 0.4) is 0 Å². The Morgan fingerprint density at radius 1 is 1.33 bits per heavy atom. The van der Waals surface area contributed by atoms with E-state index in [0.29, 0.717) is 10.0 Å². The number of nitrogens with one attached hydrogen (secondary N) is 1. The number of allylic oxidation sites excluding steroid dienone is 3. The first-order chi connectivity index (χ1) is 10.3. The molecule has 0 amide bonds. The molecule has 8 heteroatoms. The minimum atomic E-state index is 0.601. The van der Waals surface area contributed by atoms with E-state index in [9.17, 15) is 0 Å². The quantitative estimate of drug-likeness (QED) is 0.256. The molecular formula is C13H13BrCuN4S2+. The van der Waals surface area contributed by atoms with Crippen molar-refractivity contribution in [2.24, 2.45) is 10.2 Å². The topological polar surface area (TPSA) is 49.6 Å². The van der Waals surface area contributed by atoms with Gasteiger partial charge in [0.15, 0.2) is 12.2 Å². The summed E-state index contributed by atoms with van der Waals surface area (Å²) in [5, 5.41) is 11.5. The summed E-state index contributed by atoms with van der Waals surface area (Å²) in [4.78, 5) is 4.31. The molecule has 2 rings (SSSR count). The average molecular weight is 433 g/mol. The Kier molecular flexibility index (Phi) is 9.45. The number of hydrogen-bond donors (Lipinski definition) is 1. The van der Waals surface area contributed by atoms with Crippen LogP contribution < -0.4 is 5.32 Å². The van der Waals surface area contributed by atoms with Gasteiger partial charge in [0, 0.05) is 12.4 Å². The Morgan fingerprint density at radius 2 is 2.14 bits per heavy atom. The van der Waals surface area contributed by atoms with E-state index in [4.69, 9.17) is 0 Å². The van der Waals surface area contributed by atoms with Crippen LogP contribution in [-0.2, 0) is 26.4 Å². The van der Waals surface area contributed by atoms with Crippen LogP contribution in [0.2, 0.25) is 0 Å². The Balaban J connectivity index is 0.00000106. The first-order valence-electron chi connectivity index (χ1n) is 5.69. The minimum absolute atomic E-state index is 0.601. The molecule has 0 aromatic carbocycles. The molecule has 0 aliphatic carbocycles. The molecule has 0 spiro atoms. The van der Waals surface area contributed by atoms with Crippen LogP contribution in [0.15, 0.2) is 64.7 Å². The average Bonchev–Trinajstić information content (AvgIpc) is 2.58. The number of thioether (sulfide) groups is 1. The van der Waals surface area contributed by atoms with Gasteiger partial charge in [-0.1, -0.05) is 17.3 Å². The van der Waals surface area contributed by atoms with Crippen molar-refractivity contribution in [3.05, 3.63) is 60.2 Å². The van der Waals surface area contributed by atoms with E-state index in [1.807, 2.05) is 48.9 Å². The molecule has 0 saturated heterocycles. The Bertz CT molecular complexity index is 585. The number of thiol groups is 1. The zero-order valence-corrected chi connectivity index (χ0v) is 15.2. The van der Waals surface area contributed by atoms with E-state index in [0.717, 1.165) is 11.4 Å². The van der Waals surface area contributed by atoms with Crippen molar-refractivity contribution in [1.82, 2.24) is 10.3 Å². The third-order valence-corrected chi connectivity index (χ3v) is 3.37. The predicted molar refractivity (Wildman–Crippen MR) is 93.6 cm³/mol. The van der Waals surface area contributed by atoms with Crippen molar-refractivity contribution in [2.45, 2.75) is 0 Å². The summed E-state index contributed by atoms with van der Waals surface area (Å²) in [7, 11) is 0. The molecule has 1 aromatic heterocycles. The van der Waals surface area contributed by atoms with Crippen LogP contribution in [-0.4, -0.2) is 15.6 Å². The summed E-state index contributed by atoms with van der Waals surface area (Å²) in [6.45, 7) is 0. The van der Waals surface area contributed by atoms with Crippen LogP contribution in [0.1, 0.15) is 5.69 Å². The van der Waals surface area contributed by atoms with Gasteiger partial charge in [-0.05, 0) is 42.3 Å². The summed E-state index contributed by atoms with van der Waals surface area (Å²) in [6, 6.07) is 5.68. The van der Waals surface area contributed by atoms with Gasteiger partial charge in [0.05, 0.1) is 11.4 Å². The molecule has 114 valence electrons. The number of rotatable bonds is 2. The molecule has 2 heterocycles. The predicted octanol–water partition coefficient (Wildman–Crippen LogP) is 3.45. The molecule has 1 aliphatic heterocycles. The summed E-state index contributed by atoms with van der Waals surface area (Å²) in [5.41, 5.74) is 2.30. The number of hydrogen-bond acceptors (Lipinski definition) is 4. The van der Waals surface area contributed by atoms with Crippen molar-refractivity contribution in [3.8, 4) is 0 Å². The van der Waals surface area contributed by atoms with Crippen LogP contribution >= 0.6 is 25.9 Å². The van der Waals surface area contributed by atoms with E-state index in [1.165, 1.54) is 11.8 Å². The molecular weight excluding hydrogens is 420 g/mol. The van der Waals surface area contributed by atoms with E-state index < -0.39 is 0 Å². The molecule has 1 aliphatic rings. The number of aromatic nitrogens is 1. The normalized spacial score (nSPS) is 15.2. The fourth-order valence-corrected chi connectivity index (χ4v) is 1.59. The second-order valence-electron chi connectivity index (χ2n) is 3.53. The SMILES string of the molecule is CSC(=[SH+])N=N/C(=C1/C=CC=CN1)c1ccccn1.[Cu][Br]. The number of pyridine rings is 1. The molecule has 21 heavy (non-hydrogen) atoms. The van der Waals surface area contributed by atoms with Crippen LogP contribution in [0.25, 0.3) is 5.70 Å². The third kappa shape index (κ3) is 6.23. The Labute approximate surface area is 148 Å². The van der Waals surface area contributed by atoms with E-state index in [2.05, 4.69) is 61.1 Å². The second kappa shape index (κ2) is 10.9. The van der Waals surface area contributed by atoms with Crippen LogP contribution in [0, 0.1) is 0 Å². The molecule has 4 nitrogen and oxygen atoms in total. The van der Waals surface area contributed by atoms with E-state index in [1.54, 1.807) is 6.20 Å². The zero-order valence-electron chi connectivity index (χ0n) is 11.0. The van der Waals surface area contributed by atoms with Gasteiger partial charge < -0.3 is 5.32 Å². The molecule has 0 saturated carbocycles. The van der Waals surface area contributed by atoms with Gasteiger partial charge >= 0.3 is 32.6 Å². The van der Waals surface area contributed by atoms with Crippen LogP contribution in [0.5, 0.6) is 0 Å². The second-order valence-corrected chi connectivity index (χ2v) is 5.05. The molecule has 0 unspecified atom stereocenters. The number of dihydropyridines is 1. The van der Waals surface area contributed by atoms with Gasteiger partial charge in [0.2, 0.25) is 0 Å². The van der Waals surface area contributed by atoms with E-state index in [-0.39, 0.29) is 0 Å².